The summed E-state index contributed by atoms with van der Waals surface area (Å²) in [4.78, 5) is 4.41. The Morgan fingerprint density at radius 1 is 1.27 bits per heavy atom. The summed E-state index contributed by atoms with van der Waals surface area (Å²) >= 11 is 3.18. The zero-order valence-corrected chi connectivity index (χ0v) is 9.61. The van der Waals surface area contributed by atoms with Gasteiger partial charge in [0.25, 0.3) is 0 Å². The van der Waals surface area contributed by atoms with E-state index in [1.807, 2.05) is 36.4 Å². The number of allylic oxidation sites excluding steroid dienone is 1. The SMILES string of the molecule is OC(=Cc1ccc2ccccc2n1)CBr. The molecule has 2 rings (SSSR count). The second-order valence-electron chi connectivity index (χ2n) is 3.20. The van der Waals surface area contributed by atoms with Crippen molar-refractivity contribution in [3.8, 4) is 0 Å². The van der Waals surface area contributed by atoms with Crippen molar-refractivity contribution in [3.05, 3.63) is 47.9 Å². The van der Waals surface area contributed by atoms with Gasteiger partial charge in [-0.1, -0.05) is 40.2 Å². The maximum Gasteiger partial charge on any atom is 0.105 e. The van der Waals surface area contributed by atoms with Crippen LogP contribution in [0.2, 0.25) is 0 Å². The van der Waals surface area contributed by atoms with Crippen LogP contribution < -0.4 is 0 Å². The van der Waals surface area contributed by atoms with Gasteiger partial charge in [0.05, 0.1) is 16.5 Å². The molecule has 2 nitrogen and oxygen atoms in total. The van der Waals surface area contributed by atoms with Crippen molar-refractivity contribution >= 4 is 32.9 Å². The van der Waals surface area contributed by atoms with Crippen molar-refractivity contribution < 1.29 is 5.11 Å². The van der Waals surface area contributed by atoms with Crippen molar-refractivity contribution in [2.45, 2.75) is 0 Å². The molecule has 0 aliphatic carbocycles. The predicted molar refractivity (Wildman–Crippen MR) is 66.1 cm³/mol. The Hall–Kier alpha value is -1.35. The van der Waals surface area contributed by atoms with Crippen molar-refractivity contribution in [2.75, 3.05) is 5.33 Å². The van der Waals surface area contributed by atoms with Gasteiger partial charge >= 0.3 is 0 Å². The quantitative estimate of drug-likeness (QED) is 0.664. The number of aliphatic hydroxyl groups is 1. The number of fused-ring (bicyclic) bond motifs is 1. The Morgan fingerprint density at radius 2 is 2.07 bits per heavy atom. The Morgan fingerprint density at radius 3 is 2.87 bits per heavy atom. The molecule has 0 radical (unpaired) electrons. The average molecular weight is 264 g/mol. The highest BCUT2D eigenvalue weighted by atomic mass is 79.9. The van der Waals surface area contributed by atoms with Gasteiger partial charge in [-0.05, 0) is 12.1 Å². The molecule has 0 saturated carbocycles. The average Bonchev–Trinajstić information content (AvgIpc) is 2.29. The molecule has 0 aliphatic rings. The first-order valence-corrected chi connectivity index (χ1v) is 5.73. The largest absolute Gasteiger partial charge is 0.511 e. The Bertz CT molecular complexity index is 508. The van der Waals surface area contributed by atoms with Crippen molar-refractivity contribution in [1.29, 1.82) is 0 Å². The molecule has 0 atom stereocenters. The fourth-order valence-corrected chi connectivity index (χ4v) is 1.53. The lowest BCUT2D eigenvalue weighted by Gasteiger charge is -1.99. The normalized spacial score (nSPS) is 11.9. The van der Waals surface area contributed by atoms with E-state index in [2.05, 4.69) is 20.9 Å². The minimum absolute atomic E-state index is 0.276. The molecule has 0 bridgehead atoms. The number of para-hydroxylation sites is 1. The third kappa shape index (κ3) is 2.36. The highest BCUT2D eigenvalue weighted by Crippen LogP contribution is 2.13. The third-order valence-corrected chi connectivity index (χ3v) is 2.65. The molecule has 1 N–H and O–H groups in total. The molecule has 15 heavy (non-hydrogen) atoms. The summed E-state index contributed by atoms with van der Waals surface area (Å²) in [5, 5.41) is 10.9. The first-order chi connectivity index (χ1) is 7.29. The number of alkyl halides is 1. The van der Waals surface area contributed by atoms with Crippen LogP contribution in [0.1, 0.15) is 5.69 Å². The molecule has 0 unspecified atom stereocenters. The number of hydrogen-bond acceptors (Lipinski definition) is 2. The van der Waals surface area contributed by atoms with E-state index in [0.717, 1.165) is 16.6 Å². The van der Waals surface area contributed by atoms with Crippen LogP contribution in [0.15, 0.2) is 42.2 Å². The number of nitrogens with zero attached hydrogens (tertiary/aromatic N) is 1. The van der Waals surface area contributed by atoms with Gasteiger partial charge in [-0.15, -0.1) is 0 Å². The monoisotopic (exact) mass is 263 g/mol. The summed E-state index contributed by atoms with van der Waals surface area (Å²) in [6, 6.07) is 11.8. The summed E-state index contributed by atoms with van der Waals surface area (Å²) in [7, 11) is 0. The molecule has 1 aromatic carbocycles. The minimum atomic E-state index is 0.276. The second-order valence-corrected chi connectivity index (χ2v) is 3.76. The number of aromatic nitrogens is 1. The van der Waals surface area contributed by atoms with E-state index in [1.54, 1.807) is 6.08 Å². The summed E-state index contributed by atoms with van der Waals surface area (Å²) in [6.07, 6.45) is 1.65. The molecule has 0 aliphatic heterocycles. The highest BCUT2D eigenvalue weighted by Gasteiger charge is 1.96. The minimum Gasteiger partial charge on any atom is -0.511 e. The molecular formula is C12H10BrNO. The van der Waals surface area contributed by atoms with E-state index in [0.29, 0.717) is 5.33 Å². The van der Waals surface area contributed by atoms with Crippen molar-refractivity contribution in [1.82, 2.24) is 4.98 Å². The smallest absolute Gasteiger partial charge is 0.105 e. The lowest BCUT2D eigenvalue weighted by molar-refractivity contribution is 0.423. The summed E-state index contributed by atoms with van der Waals surface area (Å²) < 4.78 is 0. The molecule has 1 heterocycles. The van der Waals surface area contributed by atoms with Crippen LogP contribution in [0.3, 0.4) is 0 Å². The first-order valence-electron chi connectivity index (χ1n) is 4.61. The van der Waals surface area contributed by atoms with Crippen LogP contribution in [0.4, 0.5) is 0 Å². The molecule has 76 valence electrons. The molecule has 3 heteroatoms. The molecular weight excluding hydrogens is 254 g/mol. The van der Waals surface area contributed by atoms with Crippen molar-refractivity contribution in [3.63, 3.8) is 0 Å². The zero-order valence-electron chi connectivity index (χ0n) is 8.02. The Balaban J connectivity index is 2.47. The molecule has 0 fully saturated rings. The number of hydrogen-bond donors (Lipinski definition) is 1. The van der Waals surface area contributed by atoms with Gasteiger partial charge < -0.3 is 5.11 Å². The molecule has 2 aromatic rings. The van der Waals surface area contributed by atoms with Crippen LogP contribution in [0.25, 0.3) is 17.0 Å². The van der Waals surface area contributed by atoms with E-state index < -0.39 is 0 Å². The number of aliphatic hydroxyl groups excluding tert-OH is 1. The molecule has 0 saturated heterocycles. The fourth-order valence-electron chi connectivity index (χ4n) is 1.37. The van der Waals surface area contributed by atoms with Gasteiger partial charge in [0.15, 0.2) is 0 Å². The highest BCUT2D eigenvalue weighted by molar-refractivity contribution is 9.09. The van der Waals surface area contributed by atoms with Gasteiger partial charge in [-0.3, -0.25) is 0 Å². The maximum atomic E-state index is 9.36. The molecule has 0 amide bonds. The lowest BCUT2D eigenvalue weighted by Crippen LogP contribution is -1.86. The van der Waals surface area contributed by atoms with Gasteiger partial charge in [-0.2, -0.15) is 0 Å². The Labute approximate surface area is 96.4 Å². The summed E-state index contributed by atoms with van der Waals surface area (Å²) in [5.41, 5.74) is 1.71. The van der Waals surface area contributed by atoms with Crippen LogP contribution in [0, 0.1) is 0 Å². The van der Waals surface area contributed by atoms with Crippen LogP contribution >= 0.6 is 15.9 Å². The molecule has 0 spiro atoms. The Kier molecular flexibility index (Phi) is 3.02. The van der Waals surface area contributed by atoms with Crippen LogP contribution in [-0.2, 0) is 0 Å². The van der Waals surface area contributed by atoms with Crippen LogP contribution in [-0.4, -0.2) is 15.4 Å². The van der Waals surface area contributed by atoms with E-state index in [9.17, 15) is 5.11 Å². The first kappa shape index (κ1) is 10.2. The van der Waals surface area contributed by atoms with Crippen LogP contribution in [0.5, 0.6) is 0 Å². The number of rotatable bonds is 2. The zero-order chi connectivity index (χ0) is 10.7. The summed E-state index contributed by atoms with van der Waals surface area (Å²) in [6.45, 7) is 0. The van der Waals surface area contributed by atoms with E-state index in [1.165, 1.54) is 0 Å². The standard InChI is InChI=1S/C12H10BrNO/c13-8-11(15)7-10-6-5-9-3-1-2-4-12(9)14-10/h1-7,15H,8H2. The van der Waals surface area contributed by atoms with Gasteiger partial charge in [0.1, 0.15) is 5.76 Å². The number of benzene rings is 1. The van der Waals surface area contributed by atoms with Gasteiger partial charge in [0.2, 0.25) is 0 Å². The topological polar surface area (TPSA) is 33.1 Å². The maximum absolute atomic E-state index is 9.36. The predicted octanol–water partition coefficient (Wildman–Crippen LogP) is 3.53. The number of halogens is 1. The third-order valence-electron chi connectivity index (χ3n) is 2.07. The fraction of sp³-hybridized carbons (Fsp3) is 0.0833. The van der Waals surface area contributed by atoms with E-state index >= 15 is 0 Å². The van der Waals surface area contributed by atoms with Gasteiger partial charge in [0, 0.05) is 11.5 Å². The second kappa shape index (κ2) is 4.45. The molecule has 1 aromatic heterocycles. The van der Waals surface area contributed by atoms with E-state index in [-0.39, 0.29) is 5.76 Å². The van der Waals surface area contributed by atoms with E-state index in [4.69, 9.17) is 0 Å². The number of pyridine rings is 1. The van der Waals surface area contributed by atoms with Crippen molar-refractivity contribution in [2.24, 2.45) is 0 Å². The lowest BCUT2D eigenvalue weighted by atomic mass is 10.2. The van der Waals surface area contributed by atoms with Gasteiger partial charge in [-0.25, -0.2) is 4.98 Å². The summed E-state index contributed by atoms with van der Waals surface area (Å²) in [5.74, 6) is 0.276.